The van der Waals surface area contributed by atoms with Crippen molar-refractivity contribution in [2.75, 3.05) is 44.8 Å². The normalized spacial score (nSPS) is 16.7. The number of unbranched alkanes of at least 4 members (excludes halogenated alkanes) is 1. The maximum Gasteiger partial charge on any atom is 0.224 e. The van der Waals surface area contributed by atoms with Gasteiger partial charge in [0.25, 0.3) is 0 Å². The van der Waals surface area contributed by atoms with Gasteiger partial charge in [-0.05, 0) is 62.1 Å². The Kier molecular flexibility index (Phi) is 9.04. The maximum atomic E-state index is 11.6. The van der Waals surface area contributed by atoms with E-state index in [4.69, 9.17) is 18.9 Å². The molecule has 0 spiro atoms. The van der Waals surface area contributed by atoms with Crippen molar-refractivity contribution in [3.63, 3.8) is 0 Å². The summed E-state index contributed by atoms with van der Waals surface area (Å²) in [7, 11) is 0. The van der Waals surface area contributed by atoms with Crippen molar-refractivity contribution in [3.8, 4) is 17.2 Å². The molecule has 0 fully saturated rings. The Balaban J connectivity index is 1.18. The van der Waals surface area contributed by atoms with Gasteiger partial charge in [0.1, 0.15) is 17.2 Å². The van der Waals surface area contributed by atoms with Crippen molar-refractivity contribution in [1.82, 2.24) is 5.32 Å². The van der Waals surface area contributed by atoms with E-state index in [0.29, 0.717) is 32.8 Å². The number of rotatable bonds is 13. The van der Waals surface area contributed by atoms with Crippen LogP contribution in [0.25, 0.3) is 0 Å². The Morgan fingerprint density at radius 2 is 1.79 bits per heavy atom. The fourth-order valence-corrected chi connectivity index (χ4v) is 4.20. The van der Waals surface area contributed by atoms with Gasteiger partial charge >= 0.3 is 0 Å². The third kappa shape index (κ3) is 6.87. The first kappa shape index (κ1) is 24.4. The van der Waals surface area contributed by atoms with E-state index in [1.165, 1.54) is 0 Å². The summed E-state index contributed by atoms with van der Waals surface area (Å²) in [5, 5.41) is 6.29. The molecule has 184 valence electrons. The van der Waals surface area contributed by atoms with E-state index in [1.807, 2.05) is 30.3 Å². The summed E-state index contributed by atoms with van der Waals surface area (Å²) in [6.45, 7) is 6.63. The molecular formula is C27H36N2O5. The van der Waals surface area contributed by atoms with Crippen LogP contribution in [0.4, 0.5) is 5.69 Å². The number of carbonyl (C=O) groups is 1. The van der Waals surface area contributed by atoms with Crippen LogP contribution in [0.3, 0.4) is 0 Å². The highest BCUT2D eigenvalue weighted by Crippen LogP contribution is 2.37. The van der Waals surface area contributed by atoms with Gasteiger partial charge in [-0.2, -0.15) is 0 Å². The van der Waals surface area contributed by atoms with Crippen LogP contribution in [0.5, 0.6) is 17.2 Å². The smallest absolute Gasteiger partial charge is 0.224 e. The summed E-state index contributed by atoms with van der Waals surface area (Å²) >= 11 is 0. The molecule has 7 nitrogen and oxygen atoms in total. The van der Waals surface area contributed by atoms with Crippen molar-refractivity contribution >= 4 is 11.6 Å². The van der Waals surface area contributed by atoms with Crippen LogP contribution < -0.4 is 24.8 Å². The van der Waals surface area contributed by atoms with Gasteiger partial charge in [-0.25, -0.2) is 0 Å². The average molecular weight is 469 g/mol. The van der Waals surface area contributed by atoms with Gasteiger partial charge in [0.15, 0.2) is 0 Å². The lowest BCUT2D eigenvalue weighted by Gasteiger charge is -2.26. The van der Waals surface area contributed by atoms with Gasteiger partial charge in [-0.3, -0.25) is 4.79 Å². The number of fused-ring (bicyclic) bond motifs is 2. The van der Waals surface area contributed by atoms with Gasteiger partial charge in [-0.15, -0.1) is 0 Å². The van der Waals surface area contributed by atoms with E-state index in [9.17, 15) is 4.79 Å². The molecule has 2 aliphatic rings. The molecule has 0 radical (unpaired) electrons. The molecule has 2 heterocycles. The molecule has 0 bridgehead atoms. The van der Waals surface area contributed by atoms with E-state index in [-0.39, 0.29) is 12.0 Å². The molecule has 1 amide bonds. The molecule has 2 aliphatic heterocycles. The fourth-order valence-electron chi connectivity index (χ4n) is 4.20. The van der Waals surface area contributed by atoms with Crippen LogP contribution >= 0.6 is 0 Å². The summed E-state index contributed by atoms with van der Waals surface area (Å²) in [6.07, 6.45) is 5.14. The van der Waals surface area contributed by atoms with Crippen LogP contribution in [0, 0.1) is 0 Å². The Hall–Kier alpha value is -2.77. The number of amides is 1. The zero-order valence-electron chi connectivity index (χ0n) is 20.1. The second-order valence-electron chi connectivity index (χ2n) is 8.72. The number of ether oxygens (including phenoxy) is 4. The molecule has 34 heavy (non-hydrogen) atoms. The fraction of sp³-hybridized carbons (Fsp3) is 0.519. The molecule has 0 saturated carbocycles. The quantitative estimate of drug-likeness (QED) is 0.417. The molecule has 0 aromatic heterocycles. The van der Waals surface area contributed by atoms with Crippen molar-refractivity contribution in [3.05, 3.63) is 47.5 Å². The van der Waals surface area contributed by atoms with E-state index in [0.717, 1.165) is 79.3 Å². The SMILES string of the molecule is CCCNCCO[C@H]1CCOc2ccc(OCCCCOc3ccc4c(c3)NC(=O)CC4)cc21. The Morgan fingerprint density at radius 3 is 2.62 bits per heavy atom. The summed E-state index contributed by atoms with van der Waals surface area (Å²) in [5.41, 5.74) is 3.10. The summed E-state index contributed by atoms with van der Waals surface area (Å²) in [6, 6.07) is 11.9. The van der Waals surface area contributed by atoms with Crippen LogP contribution in [-0.4, -0.2) is 45.4 Å². The van der Waals surface area contributed by atoms with Crippen LogP contribution in [0.2, 0.25) is 0 Å². The average Bonchev–Trinajstić information content (AvgIpc) is 2.85. The number of carbonyl (C=O) groups excluding carboxylic acids is 1. The molecule has 2 N–H and O–H groups in total. The number of anilines is 1. The molecule has 0 saturated heterocycles. The predicted octanol–water partition coefficient (Wildman–Crippen LogP) is 4.65. The largest absolute Gasteiger partial charge is 0.494 e. The summed E-state index contributed by atoms with van der Waals surface area (Å²) in [4.78, 5) is 11.6. The van der Waals surface area contributed by atoms with Gasteiger partial charge < -0.3 is 29.6 Å². The predicted molar refractivity (Wildman–Crippen MR) is 132 cm³/mol. The van der Waals surface area contributed by atoms with Crippen molar-refractivity contribution in [2.45, 2.75) is 51.6 Å². The van der Waals surface area contributed by atoms with Crippen molar-refractivity contribution < 1.29 is 23.7 Å². The van der Waals surface area contributed by atoms with Gasteiger partial charge in [0, 0.05) is 36.7 Å². The zero-order valence-corrected chi connectivity index (χ0v) is 20.1. The maximum absolute atomic E-state index is 11.6. The Morgan fingerprint density at radius 1 is 1.00 bits per heavy atom. The molecule has 2 aromatic carbocycles. The molecule has 4 rings (SSSR count). The number of hydrogen-bond donors (Lipinski definition) is 2. The second kappa shape index (κ2) is 12.6. The lowest BCUT2D eigenvalue weighted by Crippen LogP contribution is -2.23. The first-order valence-electron chi connectivity index (χ1n) is 12.5. The van der Waals surface area contributed by atoms with Crippen LogP contribution in [0.1, 0.15) is 56.3 Å². The van der Waals surface area contributed by atoms with E-state index < -0.39 is 0 Å². The highest BCUT2D eigenvalue weighted by Gasteiger charge is 2.23. The topological polar surface area (TPSA) is 78.1 Å². The van der Waals surface area contributed by atoms with Crippen LogP contribution in [0.15, 0.2) is 36.4 Å². The van der Waals surface area contributed by atoms with Gasteiger partial charge in [-0.1, -0.05) is 13.0 Å². The standard InChI is InChI=1S/C27H36N2O5/c1-2-12-28-13-17-34-26-11-16-33-25-9-8-21(18-23(25)26)31-14-3-4-15-32-22-7-5-20-6-10-27(30)29-24(20)19-22/h5,7-9,18-19,26,28H,2-4,6,10-17H2,1H3,(H,29,30)/t26-/m0/s1. The third-order valence-electron chi connectivity index (χ3n) is 6.04. The van der Waals surface area contributed by atoms with Crippen molar-refractivity contribution in [2.24, 2.45) is 0 Å². The molecule has 0 aliphatic carbocycles. The molecular weight excluding hydrogens is 432 g/mol. The Labute approximate surface area is 202 Å². The summed E-state index contributed by atoms with van der Waals surface area (Å²) in [5.74, 6) is 2.58. The highest BCUT2D eigenvalue weighted by molar-refractivity contribution is 5.94. The minimum Gasteiger partial charge on any atom is -0.494 e. The Bertz CT molecular complexity index is 949. The van der Waals surface area contributed by atoms with Crippen molar-refractivity contribution in [1.29, 1.82) is 0 Å². The van der Waals surface area contributed by atoms with E-state index in [2.05, 4.69) is 23.6 Å². The van der Waals surface area contributed by atoms with Crippen LogP contribution in [-0.2, 0) is 16.0 Å². The van der Waals surface area contributed by atoms with Gasteiger partial charge in [0.2, 0.25) is 5.91 Å². The second-order valence-corrected chi connectivity index (χ2v) is 8.72. The monoisotopic (exact) mass is 468 g/mol. The minimum absolute atomic E-state index is 0.0468. The highest BCUT2D eigenvalue weighted by atomic mass is 16.5. The lowest BCUT2D eigenvalue weighted by atomic mass is 10.0. The molecule has 7 heteroatoms. The number of benzene rings is 2. The van der Waals surface area contributed by atoms with E-state index >= 15 is 0 Å². The number of hydrogen-bond acceptors (Lipinski definition) is 6. The number of nitrogens with one attached hydrogen (secondary N) is 2. The van der Waals surface area contributed by atoms with E-state index in [1.54, 1.807) is 0 Å². The third-order valence-corrected chi connectivity index (χ3v) is 6.04. The summed E-state index contributed by atoms with van der Waals surface area (Å²) < 4.78 is 23.8. The first-order chi connectivity index (χ1) is 16.7. The lowest BCUT2D eigenvalue weighted by molar-refractivity contribution is -0.116. The molecule has 0 unspecified atom stereocenters. The zero-order chi connectivity index (χ0) is 23.6. The molecule has 1 atom stereocenters. The number of aryl methyl sites for hydroxylation is 1. The molecule has 2 aromatic rings. The van der Waals surface area contributed by atoms with Gasteiger partial charge in [0.05, 0.1) is 32.5 Å². The first-order valence-corrected chi connectivity index (χ1v) is 12.5. The minimum atomic E-state index is 0.0468.